The molecular formula is C20H17F2NS. The van der Waals surface area contributed by atoms with Crippen molar-refractivity contribution in [2.24, 2.45) is 5.41 Å². The monoisotopic (exact) mass is 341 g/mol. The highest BCUT2D eigenvalue weighted by Gasteiger charge is 2.37. The van der Waals surface area contributed by atoms with E-state index < -0.39 is 11.6 Å². The van der Waals surface area contributed by atoms with Gasteiger partial charge in [-0.3, -0.25) is 0 Å². The Morgan fingerprint density at radius 3 is 2.50 bits per heavy atom. The zero-order valence-electron chi connectivity index (χ0n) is 13.7. The van der Waals surface area contributed by atoms with Crippen molar-refractivity contribution in [3.8, 4) is 21.7 Å². The molecule has 0 saturated carbocycles. The van der Waals surface area contributed by atoms with Crippen molar-refractivity contribution in [2.45, 2.75) is 26.7 Å². The van der Waals surface area contributed by atoms with E-state index >= 15 is 0 Å². The number of hydrogen-bond donors (Lipinski definition) is 0. The van der Waals surface area contributed by atoms with Crippen molar-refractivity contribution < 1.29 is 8.78 Å². The van der Waals surface area contributed by atoms with Crippen LogP contribution in [0.3, 0.4) is 0 Å². The standard InChI is InChI=1S/C20H17F2NS/c1-20(2,3)16-11-6-4-5-7-12(11)19-18(23-10-24-19)15-13(16)8-9-14(21)17(15)22/h4-10,16H,1-3H3. The molecule has 1 unspecified atom stereocenters. The van der Waals surface area contributed by atoms with Crippen LogP contribution in [0.25, 0.3) is 21.7 Å². The van der Waals surface area contributed by atoms with Gasteiger partial charge in [-0.15, -0.1) is 11.3 Å². The quantitative estimate of drug-likeness (QED) is 0.471. The van der Waals surface area contributed by atoms with Crippen LogP contribution in [0, 0.1) is 17.0 Å². The summed E-state index contributed by atoms with van der Waals surface area (Å²) >= 11 is 1.47. The van der Waals surface area contributed by atoms with Gasteiger partial charge in [-0.1, -0.05) is 51.1 Å². The topological polar surface area (TPSA) is 12.9 Å². The van der Waals surface area contributed by atoms with Crippen LogP contribution in [0.4, 0.5) is 8.78 Å². The van der Waals surface area contributed by atoms with Gasteiger partial charge in [0.25, 0.3) is 0 Å². The van der Waals surface area contributed by atoms with Crippen molar-refractivity contribution in [1.29, 1.82) is 0 Å². The number of rotatable bonds is 0. The molecule has 0 fully saturated rings. The summed E-state index contributed by atoms with van der Waals surface area (Å²) < 4.78 is 28.8. The summed E-state index contributed by atoms with van der Waals surface area (Å²) in [7, 11) is 0. The van der Waals surface area contributed by atoms with Gasteiger partial charge in [-0.25, -0.2) is 13.8 Å². The molecule has 1 nitrogen and oxygen atoms in total. The van der Waals surface area contributed by atoms with Gasteiger partial charge in [0.1, 0.15) is 0 Å². The Morgan fingerprint density at radius 1 is 1.00 bits per heavy atom. The highest BCUT2D eigenvalue weighted by atomic mass is 32.1. The number of nitrogens with zero attached hydrogens (tertiary/aromatic N) is 1. The molecule has 4 rings (SSSR count). The molecule has 1 aliphatic carbocycles. The number of fused-ring (bicyclic) bond motifs is 5. The minimum absolute atomic E-state index is 0.0415. The minimum Gasteiger partial charge on any atom is -0.244 e. The maximum absolute atomic E-state index is 14.8. The van der Waals surface area contributed by atoms with Gasteiger partial charge in [0.2, 0.25) is 0 Å². The number of benzene rings is 2. The lowest BCUT2D eigenvalue weighted by Gasteiger charge is -2.33. The second kappa shape index (κ2) is 5.21. The maximum Gasteiger partial charge on any atom is 0.168 e. The molecule has 0 N–H and O–H groups in total. The van der Waals surface area contributed by atoms with E-state index in [4.69, 9.17) is 0 Å². The van der Waals surface area contributed by atoms with Crippen LogP contribution in [-0.4, -0.2) is 4.98 Å². The van der Waals surface area contributed by atoms with E-state index in [1.54, 1.807) is 11.6 Å². The molecule has 0 amide bonds. The van der Waals surface area contributed by atoms with E-state index in [9.17, 15) is 8.78 Å². The normalized spacial score (nSPS) is 16.1. The van der Waals surface area contributed by atoms with Crippen molar-refractivity contribution in [2.75, 3.05) is 0 Å². The predicted molar refractivity (Wildman–Crippen MR) is 94.2 cm³/mol. The molecule has 2 aromatic carbocycles. The SMILES string of the molecule is CC(C)(C)C1c2ccccc2-c2scnc2-c2c1ccc(F)c2F. The summed E-state index contributed by atoms with van der Waals surface area (Å²) in [6.45, 7) is 6.39. The first-order valence-corrected chi connectivity index (χ1v) is 8.78. The molecule has 4 heteroatoms. The third kappa shape index (κ3) is 2.13. The van der Waals surface area contributed by atoms with Crippen LogP contribution >= 0.6 is 11.3 Å². The minimum atomic E-state index is -0.827. The summed E-state index contributed by atoms with van der Waals surface area (Å²) in [6, 6.07) is 11.1. The average Bonchev–Trinajstić information content (AvgIpc) is 2.95. The van der Waals surface area contributed by atoms with Crippen LogP contribution in [-0.2, 0) is 0 Å². The van der Waals surface area contributed by atoms with E-state index in [1.165, 1.54) is 17.4 Å². The maximum atomic E-state index is 14.8. The van der Waals surface area contributed by atoms with Crippen LogP contribution in [0.1, 0.15) is 37.8 Å². The van der Waals surface area contributed by atoms with Gasteiger partial charge in [-0.2, -0.15) is 0 Å². The zero-order chi connectivity index (χ0) is 17.1. The van der Waals surface area contributed by atoms with Crippen LogP contribution in [0.15, 0.2) is 41.9 Å². The highest BCUT2D eigenvalue weighted by Crippen LogP contribution is 2.53. The zero-order valence-corrected chi connectivity index (χ0v) is 14.5. The van der Waals surface area contributed by atoms with Gasteiger partial charge in [-0.05, 0) is 28.2 Å². The molecule has 122 valence electrons. The lowest BCUT2D eigenvalue weighted by atomic mass is 9.71. The summed E-state index contributed by atoms with van der Waals surface area (Å²) in [5.41, 5.74) is 5.41. The second-order valence-corrected chi connectivity index (χ2v) is 8.10. The first kappa shape index (κ1) is 15.5. The van der Waals surface area contributed by atoms with Crippen molar-refractivity contribution in [1.82, 2.24) is 4.98 Å². The fourth-order valence-electron chi connectivity index (χ4n) is 3.72. The van der Waals surface area contributed by atoms with Crippen molar-refractivity contribution in [3.63, 3.8) is 0 Å². The first-order valence-electron chi connectivity index (χ1n) is 7.90. The summed E-state index contributed by atoms with van der Waals surface area (Å²) in [5, 5.41) is 0. The van der Waals surface area contributed by atoms with E-state index in [0.29, 0.717) is 11.3 Å². The molecule has 0 bridgehead atoms. The summed E-state index contributed by atoms with van der Waals surface area (Å²) in [5.74, 6) is -1.67. The van der Waals surface area contributed by atoms with Gasteiger partial charge < -0.3 is 0 Å². The lowest BCUT2D eigenvalue weighted by molar-refractivity contribution is 0.358. The number of thiazole rings is 1. The Kier molecular flexibility index (Phi) is 3.36. The number of halogens is 2. The Hall–Kier alpha value is -2.07. The van der Waals surface area contributed by atoms with Gasteiger partial charge in [0.05, 0.1) is 16.1 Å². The van der Waals surface area contributed by atoms with E-state index in [0.717, 1.165) is 21.6 Å². The van der Waals surface area contributed by atoms with E-state index in [2.05, 4.69) is 31.8 Å². The van der Waals surface area contributed by atoms with Crippen LogP contribution in [0.5, 0.6) is 0 Å². The fraction of sp³-hybridized carbons (Fsp3) is 0.250. The smallest absolute Gasteiger partial charge is 0.168 e. The van der Waals surface area contributed by atoms with Gasteiger partial charge in [0, 0.05) is 11.5 Å². The van der Waals surface area contributed by atoms with Crippen molar-refractivity contribution >= 4 is 11.3 Å². The Morgan fingerprint density at radius 2 is 1.75 bits per heavy atom. The van der Waals surface area contributed by atoms with Gasteiger partial charge >= 0.3 is 0 Å². The summed E-state index contributed by atoms with van der Waals surface area (Å²) in [6.07, 6.45) is 0. The molecule has 1 heterocycles. The molecule has 0 radical (unpaired) electrons. The predicted octanol–water partition coefficient (Wildman–Crippen LogP) is 6.25. The average molecular weight is 341 g/mol. The van der Waals surface area contributed by atoms with Crippen LogP contribution in [0.2, 0.25) is 0 Å². The number of hydrogen-bond acceptors (Lipinski definition) is 2. The molecule has 24 heavy (non-hydrogen) atoms. The van der Waals surface area contributed by atoms with Gasteiger partial charge in [0.15, 0.2) is 11.6 Å². The molecule has 0 aliphatic heterocycles. The highest BCUT2D eigenvalue weighted by molar-refractivity contribution is 7.13. The molecule has 0 saturated heterocycles. The molecule has 1 aromatic heterocycles. The Labute approximate surface area is 144 Å². The number of aromatic nitrogens is 1. The van der Waals surface area contributed by atoms with Crippen molar-refractivity contribution in [3.05, 3.63) is 64.7 Å². The first-order chi connectivity index (χ1) is 11.4. The molecule has 1 aliphatic rings. The molecule has 3 aromatic rings. The Bertz CT molecular complexity index is 937. The third-order valence-electron chi connectivity index (χ3n) is 4.62. The lowest BCUT2D eigenvalue weighted by Crippen LogP contribution is -2.21. The fourth-order valence-corrected chi connectivity index (χ4v) is 4.56. The third-order valence-corrected chi connectivity index (χ3v) is 5.48. The van der Waals surface area contributed by atoms with E-state index in [1.807, 2.05) is 18.2 Å². The Balaban J connectivity index is 2.19. The second-order valence-electron chi connectivity index (χ2n) is 7.24. The largest absolute Gasteiger partial charge is 0.244 e. The van der Waals surface area contributed by atoms with Crippen LogP contribution < -0.4 is 0 Å². The molecular weight excluding hydrogens is 324 g/mol. The molecule has 1 atom stereocenters. The molecule has 0 spiro atoms. The summed E-state index contributed by atoms with van der Waals surface area (Å²) in [4.78, 5) is 5.29. The van der Waals surface area contributed by atoms with E-state index in [-0.39, 0.29) is 11.3 Å².